The van der Waals surface area contributed by atoms with Crippen LogP contribution in [0.3, 0.4) is 0 Å². The van der Waals surface area contributed by atoms with Gasteiger partial charge in [0.15, 0.2) is 5.75 Å². The number of hydrogen-bond donors (Lipinski definition) is 0. The molecule has 0 aliphatic carbocycles. The van der Waals surface area contributed by atoms with E-state index < -0.39 is 40.5 Å². The van der Waals surface area contributed by atoms with E-state index in [1.807, 2.05) is 0 Å². The molecule has 29 heavy (non-hydrogen) atoms. The quantitative estimate of drug-likeness (QED) is 0.636. The highest BCUT2D eigenvalue weighted by Gasteiger charge is 2.31. The number of esters is 1. The topological polar surface area (TPSA) is 85.7 Å². The molecule has 7 nitrogen and oxygen atoms in total. The van der Waals surface area contributed by atoms with Crippen molar-refractivity contribution < 1.29 is 23.5 Å². The highest BCUT2D eigenvalue weighted by atomic mass is 19.1. The summed E-state index contributed by atoms with van der Waals surface area (Å²) in [5.74, 6) is -3.82. The molecule has 0 unspecified atom stereocenters. The molecule has 3 rings (SSSR count). The molecular weight excluding hydrogens is 379 g/mol. The van der Waals surface area contributed by atoms with Gasteiger partial charge < -0.3 is 9.30 Å². The van der Waals surface area contributed by atoms with Crippen molar-refractivity contribution in [3.05, 3.63) is 70.3 Å². The van der Waals surface area contributed by atoms with E-state index in [9.17, 15) is 23.6 Å². The van der Waals surface area contributed by atoms with Gasteiger partial charge in [0.2, 0.25) is 5.91 Å². The number of imide groups is 1. The molecule has 0 aliphatic rings. The Hall–Kier alpha value is -3.81. The number of amides is 2. The summed E-state index contributed by atoms with van der Waals surface area (Å²) in [6.07, 6.45) is 0. The minimum absolute atomic E-state index is 0.136. The number of benzene rings is 2. The molecule has 0 N–H and O–H groups in total. The van der Waals surface area contributed by atoms with Crippen LogP contribution in [0.2, 0.25) is 0 Å². The van der Waals surface area contributed by atoms with Gasteiger partial charge >= 0.3 is 5.97 Å². The Bertz CT molecular complexity index is 1200. The van der Waals surface area contributed by atoms with Crippen LogP contribution in [0.5, 0.6) is 5.75 Å². The van der Waals surface area contributed by atoms with Crippen molar-refractivity contribution in [2.45, 2.75) is 13.8 Å². The van der Waals surface area contributed by atoms with Crippen molar-refractivity contribution in [1.82, 2.24) is 4.57 Å². The number of carbonyl (C=O) groups excluding carboxylic acids is 3. The largest absolute Gasteiger partial charge is 0.425 e. The third-order valence-corrected chi connectivity index (χ3v) is 4.32. The molecule has 2 amide bonds. The van der Waals surface area contributed by atoms with Gasteiger partial charge in [-0.15, -0.1) is 0 Å². The third-order valence-electron chi connectivity index (χ3n) is 4.32. The Morgan fingerprint density at radius 1 is 1.00 bits per heavy atom. The van der Waals surface area contributed by atoms with E-state index >= 15 is 0 Å². The second-order valence-corrected chi connectivity index (χ2v) is 6.29. The van der Waals surface area contributed by atoms with E-state index in [2.05, 4.69) is 0 Å². The van der Waals surface area contributed by atoms with Crippen molar-refractivity contribution in [2.24, 2.45) is 7.05 Å². The van der Waals surface area contributed by atoms with Crippen LogP contribution in [0.25, 0.3) is 10.9 Å². The number of anilines is 1. The molecular formula is C21H17FN2O5. The molecule has 0 radical (unpaired) electrons. The fourth-order valence-corrected chi connectivity index (χ4v) is 3.08. The van der Waals surface area contributed by atoms with Crippen LogP contribution >= 0.6 is 0 Å². The van der Waals surface area contributed by atoms with E-state index in [1.54, 1.807) is 18.2 Å². The molecule has 0 fully saturated rings. The second kappa shape index (κ2) is 7.67. The van der Waals surface area contributed by atoms with Gasteiger partial charge in [0, 0.05) is 20.9 Å². The minimum atomic E-state index is -1.02. The second-order valence-electron chi connectivity index (χ2n) is 6.29. The summed E-state index contributed by atoms with van der Waals surface area (Å²) in [6.45, 7) is 2.22. The Kier molecular flexibility index (Phi) is 5.27. The summed E-state index contributed by atoms with van der Waals surface area (Å²) in [6, 6.07) is 11.9. The van der Waals surface area contributed by atoms with Crippen molar-refractivity contribution >= 4 is 34.4 Å². The zero-order valence-electron chi connectivity index (χ0n) is 15.9. The van der Waals surface area contributed by atoms with Crippen molar-refractivity contribution in [3.8, 4) is 5.75 Å². The van der Waals surface area contributed by atoms with Crippen LogP contribution in [-0.2, 0) is 16.6 Å². The fraction of sp³-hybridized carbons (Fsp3) is 0.143. The fourth-order valence-electron chi connectivity index (χ4n) is 3.08. The molecule has 0 bridgehead atoms. The number of hydrogen-bond acceptors (Lipinski definition) is 5. The summed E-state index contributed by atoms with van der Waals surface area (Å²) in [5.41, 5.74) is -1.09. The molecule has 1 aromatic heterocycles. The van der Waals surface area contributed by atoms with Crippen LogP contribution in [0.1, 0.15) is 24.2 Å². The smallest absolute Gasteiger partial charge is 0.308 e. The summed E-state index contributed by atoms with van der Waals surface area (Å²) in [7, 11) is 1.36. The number of pyridine rings is 1. The van der Waals surface area contributed by atoms with Gasteiger partial charge in [-0.25, -0.2) is 9.29 Å². The lowest BCUT2D eigenvalue weighted by molar-refractivity contribution is -0.131. The van der Waals surface area contributed by atoms with Crippen molar-refractivity contribution in [3.63, 3.8) is 0 Å². The van der Waals surface area contributed by atoms with Gasteiger partial charge in [0.1, 0.15) is 11.4 Å². The lowest BCUT2D eigenvalue weighted by Gasteiger charge is -2.21. The molecule has 0 aliphatic heterocycles. The first-order valence-corrected chi connectivity index (χ1v) is 8.63. The minimum Gasteiger partial charge on any atom is -0.425 e. The van der Waals surface area contributed by atoms with Gasteiger partial charge in [-0.1, -0.05) is 24.3 Å². The number of carbonyl (C=O) groups is 3. The Morgan fingerprint density at radius 2 is 1.66 bits per heavy atom. The maximum atomic E-state index is 14.6. The lowest BCUT2D eigenvalue weighted by atomic mass is 10.1. The van der Waals surface area contributed by atoms with Crippen molar-refractivity contribution in [2.75, 3.05) is 4.90 Å². The Labute approximate surface area is 164 Å². The summed E-state index contributed by atoms with van der Waals surface area (Å²) >= 11 is 0. The van der Waals surface area contributed by atoms with Crippen LogP contribution in [-0.4, -0.2) is 22.4 Å². The summed E-state index contributed by atoms with van der Waals surface area (Å²) < 4.78 is 20.8. The zero-order chi connectivity index (χ0) is 21.3. The van der Waals surface area contributed by atoms with Crippen LogP contribution in [0, 0.1) is 5.82 Å². The number of fused-ring (bicyclic) bond motifs is 1. The monoisotopic (exact) mass is 396 g/mol. The van der Waals surface area contributed by atoms with Gasteiger partial charge in [-0.2, -0.15) is 0 Å². The van der Waals surface area contributed by atoms with E-state index in [1.165, 1.54) is 31.3 Å². The van der Waals surface area contributed by atoms with Crippen LogP contribution < -0.4 is 15.2 Å². The maximum Gasteiger partial charge on any atom is 0.308 e. The van der Waals surface area contributed by atoms with Gasteiger partial charge in [-0.05, 0) is 24.3 Å². The van der Waals surface area contributed by atoms with E-state index in [0.717, 1.165) is 29.4 Å². The first-order chi connectivity index (χ1) is 13.7. The molecule has 2 aromatic carbocycles. The molecule has 0 saturated carbocycles. The zero-order valence-corrected chi connectivity index (χ0v) is 15.9. The average molecular weight is 396 g/mol. The molecule has 8 heteroatoms. The predicted molar refractivity (Wildman–Crippen MR) is 104 cm³/mol. The Morgan fingerprint density at radius 3 is 2.24 bits per heavy atom. The van der Waals surface area contributed by atoms with Crippen LogP contribution in [0.15, 0.2) is 53.3 Å². The van der Waals surface area contributed by atoms with Gasteiger partial charge in [-0.3, -0.25) is 19.2 Å². The first-order valence-electron chi connectivity index (χ1n) is 8.63. The maximum absolute atomic E-state index is 14.6. The average Bonchev–Trinajstić information content (AvgIpc) is 2.66. The number of aryl methyl sites for hydroxylation is 1. The standard InChI is InChI=1S/C21H17FN2O5/c1-12(25)24(14-8-5-4-6-9-14)21(28)18-19(29-13(2)26)17-15(22)10-7-11-16(17)23(3)20(18)27/h4-11H,1-3H3. The van der Waals surface area contributed by atoms with E-state index in [4.69, 9.17) is 4.74 Å². The van der Waals surface area contributed by atoms with Gasteiger partial charge in [0.25, 0.3) is 11.5 Å². The van der Waals surface area contributed by atoms with E-state index in [0.29, 0.717) is 0 Å². The number of halogens is 1. The molecule has 3 aromatic rings. The number of ether oxygens (including phenoxy) is 1. The number of para-hydroxylation sites is 1. The number of rotatable bonds is 3. The third kappa shape index (κ3) is 3.52. The molecule has 148 valence electrons. The SMILES string of the molecule is CC(=O)Oc1c(C(=O)N(C(C)=O)c2ccccc2)c(=O)n(C)c2cccc(F)c12. The molecule has 1 heterocycles. The van der Waals surface area contributed by atoms with E-state index in [-0.39, 0.29) is 16.6 Å². The molecule has 0 atom stereocenters. The highest BCUT2D eigenvalue weighted by molar-refractivity contribution is 6.22. The normalized spacial score (nSPS) is 10.6. The van der Waals surface area contributed by atoms with Crippen LogP contribution in [0.4, 0.5) is 10.1 Å². The highest BCUT2D eigenvalue weighted by Crippen LogP contribution is 2.31. The number of nitrogens with zero attached hydrogens (tertiary/aromatic N) is 2. The van der Waals surface area contributed by atoms with Crippen molar-refractivity contribution in [1.29, 1.82) is 0 Å². The van der Waals surface area contributed by atoms with Gasteiger partial charge in [0.05, 0.1) is 16.6 Å². The predicted octanol–water partition coefficient (Wildman–Crippen LogP) is 2.80. The summed E-state index contributed by atoms with van der Waals surface area (Å²) in [5, 5.41) is -0.204. The lowest BCUT2D eigenvalue weighted by Crippen LogP contribution is -2.40. The summed E-state index contributed by atoms with van der Waals surface area (Å²) in [4.78, 5) is 51.0. The first kappa shape index (κ1) is 19.9. The molecule has 0 saturated heterocycles. The Balaban J connectivity index is 2.38. The molecule has 0 spiro atoms. The number of aromatic nitrogens is 1.